The normalized spacial score (nSPS) is 18.2. The van der Waals surface area contributed by atoms with E-state index in [9.17, 15) is 31.5 Å². The second-order valence-corrected chi connectivity index (χ2v) is 16.3. The van der Waals surface area contributed by atoms with Crippen molar-refractivity contribution in [2.24, 2.45) is 0 Å². The summed E-state index contributed by atoms with van der Waals surface area (Å²) in [5.74, 6) is -2.24. The summed E-state index contributed by atoms with van der Waals surface area (Å²) in [6.45, 7) is 2.40. The molecule has 0 saturated carbocycles. The van der Waals surface area contributed by atoms with Crippen molar-refractivity contribution in [1.82, 2.24) is 10.2 Å². The SMILES string of the molecule is Cc1ccccc1-c1cc(CN2[C@@H](Cc3ccccc3)CC[C@@H]2CS(C)(=O)=O)ccc1C(=O)N[C@@H](CCS(C)(=O)=O)C(=O)O. The molecule has 9 nitrogen and oxygen atoms in total. The van der Waals surface area contributed by atoms with Gasteiger partial charge < -0.3 is 10.4 Å². The van der Waals surface area contributed by atoms with E-state index in [1.54, 1.807) is 6.07 Å². The minimum atomic E-state index is -3.42. The maximum absolute atomic E-state index is 13.5. The molecule has 1 amide bonds. The Kier molecular flexibility index (Phi) is 10.6. The molecule has 3 atom stereocenters. The Morgan fingerprint density at radius 2 is 1.52 bits per heavy atom. The van der Waals surface area contributed by atoms with Crippen LogP contribution < -0.4 is 5.32 Å². The molecular formula is C33H40N2O7S2. The fourth-order valence-corrected chi connectivity index (χ4v) is 7.65. The molecule has 0 radical (unpaired) electrons. The molecule has 1 aliphatic rings. The molecule has 1 fully saturated rings. The molecule has 11 heteroatoms. The van der Waals surface area contributed by atoms with Crippen LogP contribution in [-0.2, 0) is 37.4 Å². The van der Waals surface area contributed by atoms with Gasteiger partial charge in [-0.2, -0.15) is 0 Å². The van der Waals surface area contributed by atoms with Crippen LogP contribution >= 0.6 is 0 Å². The van der Waals surface area contributed by atoms with Crippen molar-refractivity contribution in [3.8, 4) is 11.1 Å². The van der Waals surface area contributed by atoms with Crippen LogP contribution in [0.4, 0.5) is 0 Å². The average molecular weight is 641 g/mol. The average Bonchev–Trinajstić information content (AvgIpc) is 3.29. The number of carboxylic acids is 1. The zero-order valence-corrected chi connectivity index (χ0v) is 26.9. The van der Waals surface area contributed by atoms with Crippen LogP contribution in [0.3, 0.4) is 0 Å². The molecule has 3 aromatic rings. The monoisotopic (exact) mass is 640 g/mol. The predicted molar refractivity (Wildman–Crippen MR) is 172 cm³/mol. The number of aryl methyl sites for hydroxylation is 1. The lowest BCUT2D eigenvalue weighted by molar-refractivity contribution is -0.139. The molecule has 1 heterocycles. The summed E-state index contributed by atoms with van der Waals surface area (Å²) in [6.07, 6.45) is 4.45. The number of nitrogens with zero attached hydrogens (tertiary/aromatic N) is 1. The number of hydrogen-bond acceptors (Lipinski definition) is 7. The number of carbonyl (C=O) groups excluding carboxylic acids is 1. The van der Waals surface area contributed by atoms with E-state index >= 15 is 0 Å². The molecule has 4 rings (SSSR count). The van der Waals surface area contributed by atoms with E-state index in [4.69, 9.17) is 0 Å². The van der Waals surface area contributed by atoms with Crippen LogP contribution in [0.5, 0.6) is 0 Å². The molecule has 236 valence electrons. The zero-order chi connectivity index (χ0) is 32.1. The van der Waals surface area contributed by atoms with Gasteiger partial charge in [-0.15, -0.1) is 0 Å². The van der Waals surface area contributed by atoms with Gasteiger partial charge in [0, 0.05) is 36.7 Å². The first kappa shape index (κ1) is 33.4. The van der Waals surface area contributed by atoms with Crippen LogP contribution in [0.25, 0.3) is 11.1 Å². The quantitative estimate of drug-likeness (QED) is 0.287. The fourth-order valence-electron chi connectivity index (χ4n) is 5.93. The molecule has 0 aliphatic carbocycles. The van der Waals surface area contributed by atoms with E-state index in [1.165, 1.54) is 11.8 Å². The lowest BCUT2D eigenvalue weighted by atomic mass is 9.93. The lowest BCUT2D eigenvalue weighted by Gasteiger charge is -2.30. The van der Waals surface area contributed by atoms with Gasteiger partial charge in [0.1, 0.15) is 25.7 Å². The van der Waals surface area contributed by atoms with Gasteiger partial charge in [0.25, 0.3) is 5.91 Å². The summed E-state index contributed by atoms with van der Waals surface area (Å²) in [7, 11) is -6.64. The molecule has 0 unspecified atom stereocenters. The van der Waals surface area contributed by atoms with Gasteiger partial charge in [0.15, 0.2) is 0 Å². The van der Waals surface area contributed by atoms with E-state index in [0.717, 1.165) is 42.2 Å². The van der Waals surface area contributed by atoms with Gasteiger partial charge in [0.05, 0.1) is 11.5 Å². The summed E-state index contributed by atoms with van der Waals surface area (Å²) >= 11 is 0. The number of rotatable bonds is 13. The number of likely N-dealkylation sites (tertiary alicyclic amines) is 1. The van der Waals surface area contributed by atoms with Crippen LogP contribution in [0.1, 0.15) is 46.3 Å². The third-order valence-electron chi connectivity index (χ3n) is 8.09. The lowest BCUT2D eigenvalue weighted by Crippen LogP contribution is -2.42. The van der Waals surface area contributed by atoms with Crippen molar-refractivity contribution in [3.63, 3.8) is 0 Å². The number of hydrogen-bond donors (Lipinski definition) is 2. The Hall–Kier alpha value is -3.54. The third-order valence-corrected chi connectivity index (χ3v) is 10.1. The predicted octanol–water partition coefficient (Wildman–Crippen LogP) is 3.90. The van der Waals surface area contributed by atoms with Crippen molar-refractivity contribution >= 4 is 31.6 Å². The minimum absolute atomic E-state index is 0.0630. The Morgan fingerprint density at radius 3 is 2.16 bits per heavy atom. The summed E-state index contributed by atoms with van der Waals surface area (Å²) in [5.41, 5.74) is 4.68. The Bertz CT molecular complexity index is 1710. The molecule has 3 aromatic carbocycles. The van der Waals surface area contributed by atoms with E-state index < -0.39 is 37.6 Å². The molecule has 1 saturated heterocycles. The summed E-state index contributed by atoms with van der Waals surface area (Å²) in [6, 6.07) is 21.7. The second-order valence-electron chi connectivity index (χ2n) is 11.8. The number of carboxylic acid groups (broad SMARTS) is 1. The summed E-state index contributed by atoms with van der Waals surface area (Å²) in [5, 5.41) is 12.2. The first-order valence-electron chi connectivity index (χ1n) is 14.6. The highest BCUT2D eigenvalue weighted by atomic mass is 32.2. The van der Waals surface area contributed by atoms with Gasteiger partial charge in [-0.3, -0.25) is 9.69 Å². The maximum atomic E-state index is 13.5. The van der Waals surface area contributed by atoms with Crippen LogP contribution in [-0.4, -0.2) is 80.9 Å². The standard InChI is InChI=1S/C33H40N2O7S2/c1-23-9-7-8-12-28(23)30-20-25(13-16-29(30)32(36)34-31(33(37)38)17-18-43(2,39)40)21-35-26(19-24-10-5-4-6-11-24)14-15-27(35)22-44(3,41)42/h4-13,16,20,26-27,31H,14-15,17-19,21-22H2,1-3H3,(H,34,36)(H,37,38)/t26-,27-,31+/m1/s1. The first-order chi connectivity index (χ1) is 20.7. The van der Waals surface area contributed by atoms with Crippen molar-refractivity contribution in [3.05, 3.63) is 95.1 Å². The van der Waals surface area contributed by atoms with Gasteiger partial charge in [-0.1, -0.05) is 60.7 Å². The van der Waals surface area contributed by atoms with E-state index in [1.807, 2.05) is 61.5 Å². The smallest absolute Gasteiger partial charge is 0.326 e. The van der Waals surface area contributed by atoms with E-state index in [-0.39, 0.29) is 35.6 Å². The van der Waals surface area contributed by atoms with Gasteiger partial charge in [-0.05, 0) is 72.6 Å². The van der Waals surface area contributed by atoms with Crippen molar-refractivity contribution in [2.75, 3.05) is 24.0 Å². The maximum Gasteiger partial charge on any atom is 0.326 e. The largest absolute Gasteiger partial charge is 0.480 e. The number of benzene rings is 3. The molecular weight excluding hydrogens is 601 g/mol. The minimum Gasteiger partial charge on any atom is -0.480 e. The molecule has 0 spiro atoms. The Labute approximate surface area is 260 Å². The number of carbonyl (C=O) groups is 2. The van der Waals surface area contributed by atoms with Gasteiger partial charge >= 0.3 is 5.97 Å². The van der Waals surface area contributed by atoms with Crippen molar-refractivity contribution < 1.29 is 31.5 Å². The number of nitrogens with one attached hydrogen (secondary N) is 1. The highest BCUT2D eigenvalue weighted by molar-refractivity contribution is 7.90. The summed E-state index contributed by atoms with van der Waals surface area (Å²) < 4.78 is 48.0. The first-order valence-corrected chi connectivity index (χ1v) is 18.7. The number of aliphatic carboxylic acids is 1. The molecule has 0 bridgehead atoms. The molecule has 2 N–H and O–H groups in total. The van der Waals surface area contributed by atoms with Gasteiger partial charge in [0.2, 0.25) is 0 Å². The number of sulfone groups is 2. The summed E-state index contributed by atoms with van der Waals surface area (Å²) in [4.78, 5) is 27.6. The third kappa shape index (κ3) is 9.23. The fraction of sp³-hybridized carbons (Fsp3) is 0.394. The van der Waals surface area contributed by atoms with Crippen molar-refractivity contribution in [1.29, 1.82) is 0 Å². The highest BCUT2D eigenvalue weighted by Crippen LogP contribution is 2.33. The highest BCUT2D eigenvalue weighted by Gasteiger charge is 2.35. The zero-order valence-electron chi connectivity index (χ0n) is 25.3. The van der Waals surface area contributed by atoms with E-state index in [0.29, 0.717) is 12.1 Å². The van der Waals surface area contributed by atoms with Crippen molar-refractivity contribution in [2.45, 2.75) is 57.3 Å². The second kappa shape index (κ2) is 14.0. The topological polar surface area (TPSA) is 138 Å². The Balaban J connectivity index is 1.68. The van der Waals surface area contributed by atoms with Crippen LogP contribution in [0, 0.1) is 6.92 Å². The molecule has 44 heavy (non-hydrogen) atoms. The van der Waals surface area contributed by atoms with Crippen LogP contribution in [0.15, 0.2) is 72.8 Å². The molecule has 0 aromatic heterocycles. The van der Waals surface area contributed by atoms with Crippen LogP contribution in [0.2, 0.25) is 0 Å². The van der Waals surface area contributed by atoms with E-state index in [2.05, 4.69) is 22.3 Å². The Morgan fingerprint density at radius 1 is 0.864 bits per heavy atom. The van der Waals surface area contributed by atoms with Gasteiger partial charge in [-0.25, -0.2) is 21.6 Å². The number of amides is 1. The molecule has 1 aliphatic heterocycles.